The van der Waals surface area contributed by atoms with Gasteiger partial charge in [0.25, 0.3) is 0 Å². The molecule has 0 aliphatic heterocycles. The summed E-state index contributed by atoms with van der Waals surface area (Å²) in [5.41, 5.74) is 7.26. The summed E-state index contributed by atoms with van der Waals surface area (Å²) in [6, 6.07) is 0.156. The molecule has 0 aromatic carbocycles. The van der Waals surface area contributed by atoms with Crippen molar-refractivity contribution in [1.82, 2.24) is 9.38 Å². The van der Waals surface area contributed by atoms with Gasteiger partial charge in [-0.15, -0.1) is 11.3 Å². The number of nitrogens with zero attached hydrogens (tertiary/aromatic N) is 3. The van der Waals surface area contributed by atoms with Crippen LogP contribution in [0.3, 0.4) is 0 Å². The van der Waals surface area contributed by atoms with Crippen molar-refractivity contribution >= 4 is 22.1 Å². The lowest BCUT2D eigenvalue weighted by Gasteiger charge is -2.23. The standard InChI is InChI=1S/C14H24N4S/c1-4-6-17(7-5-2)13-12(10-11(3)15)18-8-9-19-14(18)16-13/h8-9,11H,4-7,10,15H2,1-3H3. The van der Waals surface area contributed by atoms with Crippen molar-refractivity contribution in [2.75, 3.05) is 18.0 Å². The summed E-state index contributed by atoms with van der Waals surface area (Å²) in [7, 11) is 0. The molecule has 0 aliphatic rings. The second-order valence-electron chi connectivity index (χ2n) is 5.11. The molecule has 2 rings (SSSR count). The van der Waals surface area contributed by atoms with Crippen LogP contribution in [0.25, 0.3) is 4.96 Å². The van der Waals surface area contributed by atoms with Crippen LogP contribution in [0.5, 0.6) is 0 Å². The van der Waals surface area contributed by atoms with Gasteiger partial charge in [-0.2, -0.15) is 0 Å². The fourth-order valence-corrected chi connectivity index (χ4v) is 3.16. The third-order valence-electron chi connectivity index (χ3n) is 3.14. The maximum atomic E-state index is 6.00. The molecule has 2 heterocycles. The summed E-state index contributed by atoms with van der Waals surface area (Å²) < 4.78 is 2.20. The molecule has 5 heteroatoms. The Morgan fingerprint density at radius 3 is 2.63 bits per heavy atom. The Bertz CT molecular complexity index is 508. The van der Waals surface area contributed by atoms with Crippen molar-refractivity contribution < 1.29 is 0 Å². The first-order valence-electron chi connectivity index (χ1n) is 7.12. The van der Waals surface area contributed by atoms with E-state index in [2.05, 4.69) is 41.6 Å². The maximum absolute atomic E-state index is 6.00. The number of fused-ring (bicyclic) bond motifs is 1. The Balaban J connectivity index is 2.41. The second kappa shape index (κ2) is 6.39. The molecule has 4 nitrogen and oxygen atoms in total. The minimum absolute atomic E-state index is 0.156. The molecule has 2 N–H and O–H groups in total. The van der Waals surface area contributed by atoms with E-state index in [0.29, 0.717) is 0 Å². The molecule has 0 saturated heterocycles. The van der Waals surface area contributed by atoms with Gasteiger partial charge in [0.05, 0.1) is 5.69 Å². The van der Waals surface area contributed by atoms with Gasteiger partial charge in [-0.05, 0) is 19.8 Å². The first kappa shape index (κ1) is 14.3. The van der Waals surface area contributed by atoms with Crippen LogP contribution in [-0.4, -0.2) is 28.5 Å². The molecule has 0 amide bonds. The van der Waals surface area contributed by atoms with E-state index in [0.717, 1.165) is 43.1 Å². The number of nitrogens with two attached hydrogens (primary N) is 1. The number of aromatic nitrogens is 2. The third kappa shape index (κ3) is 3.09. The van der Waals surface area contributed by atoms with Crippen LogP contribution < -0.4 is 10.6 Å². The molecule has 2 aromatic rings. The summed E-state index contributed by atoms with van der Waals surface area (Å²) in [4.78, 5) is 8.29. The van der Waals surface area contributed by atoms with Crippen molar-refractivity contribution in [3.8, 4) is 0 Å². The van der Waals surface area contributed by atoms with E-state index in [4.69, 9.17) is 10.7 Å². The van der Waals surface area contributed by atoms with Gasteiger partial charge in [0, 0.05) is 37.1 Å². The molecule has 2 aromatic heterocycles. The average molecular weight is 280 g/mol. The minimum atomic E-state index is 0.156. The highest BCUT2D eigenvalue weighted by Gasteiger charge is 2.18. The van der Waals surface area contributed by atoms with Gasteiger partial charge in [-0.25, -0.2) is 4.98 Å². The van der Waals surface area contributed by atoms with E-state index in [9.17, 15) is 0 Å². The fraction of sp³-hybridized carbons (Fsp3) is 0.643. The molecule has 0 fully saturated rings. The highest BCUT2D eigenvalue weighted by molar-refractivity contribution is 7.15. The van der Waals surface area contributed by atoms with E-state index in [1.165, 1.54) is 5.69 Å². The predicted octanol–water partition coefficient (Wildman–Crippen LogP) is 2.91. The largest absolute Gasteiger partial charge is 0.355 e. The van der Waals surface area contributed by atoms with Crippen LogP contribution in [0.1, 0.15) is 39.3 Å². The van der Waals surface area contributed by atoms with Crippen molar-refractivity contribution in [2.24, 2.45) is 5.73 Å². The molecule has 19 heavy (non-hydrogen) atoms. The van der Waals surface area contributed by atoms with Gasteiger partial charge in [-0.1, -0.05) is 13.8 Å². The highest BCUT2D eigenvalue weighted by atomic mass is 32.1. The number of thiazole rings is 1. The van der Waals surface area contributed by atoms with Gasteiger partial charge >= 0.3 is 0 Å². The van der Waals surface area contributed by atoms with Crippen LogP contribution in [0, 0.1) is 0 Å². The Labute approximate surface area is 119 Å². The second-order valence-corrected chi connectivity index (χ2v) is 5.98. The van der Waals surface area contributed by atoms with Crippen molar-refractivity contribution in [3.63, 3.8) is 0 Å². The zero-order chi connectivity index (χ0) is 13.8. The van der Waals surface area contributed by atoms with Gasteiger partial charge in [-0.3, -0.25) is 4.40 Å². The van der Waals surface area contributed by atoms with E-state index >= 15 is 0 Å². The quantitative estimate of drug-likeness (QED) is 0.848. The van der Waals surface area contributed by atoms with Crippen LogP contribution >= 0.6 is 11.3 Å². The van der Waals surface area contributed by atoms with Crippen LogP contribution in [0.15, 0.2) is 11.6 Å². The number of hydrogen-bond donors (Lipinski definition) is 1. The maximum Gasteiger partial charge on any atom is 0.195 e. The lowest BCUT2D eigenvalue weighted by atomic mass is 10.2. The van der Waals surface area contributed by atoms with E-state index < -0.39 is 0 Å². The summed E-state index contributed by atoms with van der Waals surface area (Å²) in [6.45, 7) is 8.60. The Kier molecular flexibility index (Phi) is 4.82. The minimum Gasteiger partial charge on any atom is -0.355 e. The summed E-state index contributed by atoms with van der Waals surface area (Å²) in [5.74, 6) is 1.13. The molecule has 0 radical (unpaired) electrons. The smallest absolute Gasteiger partial charge is 0.195 e. The average Bonchev–Trinajstić information content (AvgIpc) is 2.91. The SMILES string of the molecule is CCCN(CCC)c1nc2sccn2c1CC(C)N. The first-order valence-corrected chi connectivity index (χ1v) is 8.00. The summed E-state index contributed by atoms with van der Waals surface area (Å²) in [6.07, 6.45) is 5.26. The fourth-order valence-electron chi connectivity index (χ4n) is 2.43. The number of anilines is 1. The molecule has 0 spiro atoms. The first-order chi connectivity index (χ1) is 9.17. The predicted molar refractivity (Wildman–Crippen MR) is 83.2 cm³/mol. The van der Waals surface area contributed by atoms with Gasteiger partial charge in [0.2, 0.25) is 0 Å². The normalized spacial score (nSPS) is 13.1. The molecule has 0 saturated carbocycles. The summed E-state index contributed by atoms with van der Waals surface area (Å²) in [5, 5.41) is 2.08. The molecule has 0 bridgehead atoms. The van der Waals surface area contributed by atoms with Crippen molar-refractivity contribution in [2.45, 2.75) is 46.1 Å². The lowest BCUT2D eigenvalue weighted by Crippen LogP contribution is -2.28. The summed E-state index contributed by atoms with van der Waals surface area (Å²) >= 11 is 1.69. The molecule has 106 valence electrons. The topological polar surface area (TPSA) is 46.6 Å². The third-order valence-corrected chi connectivity index (χ3v) is 3.90. The van der Waals surface area contributed by atoms with Gasteiger partial charge in [0.1, 0.15) is 0 Å². The van der Waals surface area contributed by atoms with E-state index in [1.54, 1.807) is 11.3 Å². The molecule has 0 aliphatic carbocycles. The Morgan fingerprint density at radius 1 is 1.37 bits per heavy atom. The van der Waals surface area contributed by atoms with Crippen molar-refractivity contribution in [3.05, 3.63) is 17.3 Å². The zero-order valence-corrected chi connectivity index (χ0v) is 12.9. The molecule has 1 unspecified atom stereocenters. The van der Waals surface area contributed by atoms with Crippen molar-refractivity contribution in [1.29, 1.82) is 0 Å². The Morgan fingerprint density at radius 2 is 2.05 bits per heavy atom. The van der Waals surface area contributed by atoms with Gasteiger partial charge in [0.15, 0.2) is 10.8 Å². The molecular formula is C14H24N4S. The van der Waals surface area contributed by atoms with Crippen LogP contribution in [0.2, 0.25) is 0 Å². The number of hydrogen-bond acceptors (Lipinski definition) is 4. The zero-order valence-electron chi connectivity index (χ0n) is 12.1. The van der Waals surface area contributed by atoms with Crippen LogP contribution in [-0.2, 0) is 6.42 Å². The lowest BCUT2D eigenvalue weighted by molar-refractivity contribution is 0.696. The highest BCUT2D eigenvalue weighted by Crippen LogP contribution is 2.26. The van der Waals surface area contributed by atoms with E-state index in [-0.39, 0.29) is 6.04 Å². The molecular weight excluding hydrogens is 256 g/mol. The monoisotopic (exact) mass is 280 g/mol. The van der Waals surface area contributed by atoms with E-state index in [1.807, 2.05) is 0 Å². The molecule has 1 atom stereocenters. The number of rotatable bonds is 7. The number of imidazole rings is 1. The van der Waals surface area contributed by atoms with Crippen LogP contribution in [0.4, 0.5) is 5.82 Å². The van der Waals surface area contributed by atoms with Gasteiger partial charge < -0.3 is 10.6 Å². The Hall–Kier alpha value is -1.07.